The van der Waals surface area contributed by atoms with Gasteiger partial charge in [0.1, 0.15) is 11.8 Å². The first-order chi connectivity index (χ1) is 13.9. The summed E-state index contributed by atoms with van der Waals surface area (Å²) in [5.74, 6) is -0.279. The molecule has 1 aliphatic carbocycles. The van der Waals surface area contributed by atoms with Gasteiger partial charge in [0.2, 0.25) is 5.91 Å². The molecule has 1 aromatic rings. The fourth-order valence-corrected chi connectivity index (χ4v) is 4.54. The van der Waals surface area contributed by atoms with Gasteiger partial charge in [-0.05, 0) is 56.6 Å². The predicted molar refractivity (Wildman–Crippen MR) is 105 cm³/mol. The topological polar surface area (TPSA) is 87.2 Å². The maximum atomic E-state index is 12.5. The standard InChI is InChI=1S/C22H28N2O5/c1-15-2-6-17(7-3-15)29-13-19(25)23-10-8-22(9-11-23)12-18(21(27)28)24(14-22)20(26)16-4-5-16/h2-3,6-7,16,18H,4-5,8-14H2,1H3,(H,27,28). The molecule has 29 heavy (non-hydrogen) atoms. The molecule has 3 fully saturated rings. The van der Waals surface area contributed by atoms with Crippen molar-refractivity contribution in [2.75, 3.05) is 26.2 Å². The fraction of sp³-hybridized carbons (Fsp3) is 0.591. The van der Waals surface area contributed by atoms with Crippen LogP contribution in [0.1, 0.15) is 37.7 Å². The molecule has 1 atom stereocenters. The van der Waals surface area contributed by atoms with Crippen molar-refractivity contribution in [1.29, 1.82) is 0 Å². The van der Waals surface area contributed by atoms with Crippen LogP contribution in [0.15, 0.2) is 24.3 Å². The van der Waals surface area contributed by atoms with Crippen molar-refractivity contribution in [3.05, 3.63) is 29.8 Å². The van der Waals surface area contributed by atoms with Crippen LogP contribution < -0.4 is 4.74 Å². The van der Waals surface area contributed by atoms with Crippen LogP contribution in [0.5, 0.6) is 5.75 Å². The van der Waals surface area contributed by atoms with Gasteiger partial charge < -0.3 is 19.6 Å². The van der Waals surface area contributed by atoms with E-state index >= 15 is 0 Å². The van der Waals surface area contributed by atoms with Crippen LogP contribution >= 0.6 is 0 Å². The lowest BCUT2D eigenvalue weighted by Crippen LogP contribution is -2.46. The van der Waals surface area contributed by atoms with E-state index in [4.69, 9.17) is 4.74 Å². The molecule has 7 heteroatoms. The summed E-state index contributed by atoms with van der Waals surface area (Å²) in [6, 6.07) is 6.86. The third-order valence-corrected chi connectivity index (χ3v) is 6.56. The highest BCUT2D eigenvalue weighted by Gasteiger charge is 2.52. The maximum Gasteiger partial charge on any atom is 0.326 e. The summed E-state index contributed by atoms with van der Waals surface area (Å²) in [4.78, 5) is 40.2. The number of carbonyl (C=O) groups excluding carboxylic acids is 2. The molecule has 1 spiro atoms. The van der Waals surface area contributed by atoms with E-state index in [1.807, 2.05) is 31.2 Å². The number of ether oxygens (including phenoxy) is 1. The second-order valence-electron chi connectivity index (χ2n) is 8.78. The number of amides is 2. The van der Waals surface area contributed by atoms with Gasteiger partial charge >= 0.3 is 5.97 Å². The Morgan fingerprint density at radius 1 is 1.14 bits per heavy atom. The van der Waals surface area contributed by atoms with Crippen molar-refractivity contribution in [2.45, 2.75) is 45.1 Å². The summed E-state index contributed by atoms with van der Waals surface area (Å²) in [7, 11) is 0. The van der Waals surface area contributed by atoms with Gasteiger partial charge in [0.05, 0.1) is 0 Å². The van der Waals surface area contributed by atoms with Crippen LogP contribution in [-0.2, 0) is 14.4 Å². The monoisotopic (exact) mass is 400 g/mol. The van der Waals surface area contributed by atoms with Gasteiger partial charge in [0.15, 0.2) is 6.61 Å². The number of piperidine rings is 1. The molecule has 3 aliphatic rings. The number of hydrogen-bond donors (Lipinski definition) is 1. The first kappa shape index (κ1) is 19.7. The fourth-order valence-electron chi connectivity index (χ4n) is 4.54. The Hall–Kier alpha value is -2.57. The van der Waals surface area contributed by atoms with Crippen LogP contribution in [0.25, 0.3) is 0 Å². The van der Waals surface area contributed by atoms with Crippen molar-refractivity contribution in [3.8, 4) is 5.75 Å². The molecule has 156 valence electrons. The number of aliphatic carboxylic acids is 1. The van der Waals surface area contributed by atoms with E-state index in [1.165, 1.54) is 0 Å². The van der Waals surface area contributed by atoms with E-state index in [1.54, 1.807) is 9.80 Å². The second kappa shape index (κ2) is 7.69. The van der Waals surface area contributed by atoms with Crippen LogP contribution in [-0.4, -0.2) is 65.0 Å². The van der Waals surface area contributed by atoms with E-state index < -0.39 is 12.0 Å². The largest absolute Gasteiger partial charge is 0.484 e. The zero-order valence-corrected chi connectivity index (χ0v) is 16.8. The highest BCUT2D eigenvalue weighted by molar-refractivity contribution is 5.87. The molecule has 2 heterocycles. The highest BCUT2D eigenvalue weighted by Crippen LogP contribution is 2.45. The zero-order valence-electron chi connectivity index (χ0n) is 16.8. The van der Waals surface area contributed by atoms with Crippen molar-refractivity contribution >= 4 is 17.8 Å². The lowest BCUT2D eigenvalue weighted by molar-refractivity contribution is -0.148. The van der Waals surface area contributed by atoms with E-state index in [0.29, 0.717) is 31.8 Å². The molecule has 7 nitrogen and oxygen atoms in total. The van der Waals surface area contributed by atoms with E-state index in [-0.39, 0.29) is 29.8 Å². The number of likely N-dealkylation sites (tertiary alicyclic amines) is 2. The number of carbonyl (C=O) groups is 3. The van der Waals surface area contributed by atoms with Crippen LogP contribution in [0.2, 0.25) is 0 Å². The Morgan fingerprint density at radius 2 is 1.79 bits per heavy atom. The average molecular weight is 400 g/mol. The second-order valence-corrected chi connectivity index (χ2v) is 8.78. The predicted octanol–water partition coefficient (Wildman–Crippen LogP) is 2.08. The zero-order chi connectivity index (χ0) is 20.6. The maximum absolute atomic E-state index is 12.5. The van der Waals surface area contributed by atoms with Crippen molar-refractivity contribution in [1.82, 2.24) is 9.80 Å². The third kappa shape index (κ3) is 4.23. The van der Waals surface area contributed by atoms with Crippen molar-refractivity contribution < 1.29 is 24.2 Å². The van der Waals surface area contributed by atoms with Gasteiger partial charge in [-0.1, -0.05) is 17.7 Å². The third-order valence-electron chi connectivity index (χ3n) is 6.56. The Bertz CT molecular complexity index is 794. The first-order valence-electron chi connectivity index (χ1n) is 10.4. The average Bonchev–Trinajstić information content (AvgIpc) is 3.49. The molecule has 1 N–H and O–H groups in total. The van der Waals surface area contributed by atoms with Gasteiger partial charge in [-0.15, -0.1) is 0 Å². The molecule has 0 radical (unpaired) electrons. The molecule has 1 saturated carbocycles. The molecule has 2 aliphatic heterocycles. The first-order valence-corrected chi connectivity index (χ1v) is 10.4. The van der Waals surface area contributed by atoms with Crippen molar-refractivity contribution in [3.63, 3.8) is 0 Å². The minimum absolute atomic E-state index is 0.000102. The molecule has 2 saturated heterocycles. The van der Waals surface area contributed by atoms with Gasteiger partial charge in [0.25, 0.3) is 5.91 Å². The molecule has 2 amide bonds. The van der Waals surface area contributed by atoms with E-state index in [9.17, 15) is 19.5 Å². The molecule has 0 aromatic heterocycles. The van der Waals surface area contributed by atoms with Gasteiger partial charge in [-0.2, -0.15) is 0 Å². The number of nitrogens with zero attached hydrogens (tertiary/aromatic N) is 2. The normalized spacial score (nSPS) is 23.3. The molecule has 1 aromatic carbocycles. The Labute approximate surface area is 170 Å². The highest BCUT2D eigenvalue weighted by atomic mass is 16.5. The van der Waals surface area contributed by atoms with Crippen LogP contribution in [0.3, 0.4) is 0 Å². The minimum Gasteiger partial charge on any atom is -0.484 e. The summed E-state index contributed by atoms with van der Waals surface area (Å²) in [6.45, 7) is 3.65. The van der Waals surface area contributed by atoms with Crippen LogP contribution in [0, 0.1) is 18.3 Å². The Morgan fingerprint density at radius 3 is 2.38 bits per heavy atom. The molecular weight excluding hydrogens is 372 g/mol. The lowest BCUT2D eigenvalue weighted by Gasteiger charge is -2.39. The molecule has 0 bridgehead atoms. The smallest absolute Gasteiger partial charge is 0.326 e. The minimum atomic E-state index is -0.916. The number of hydrogen-bond acceptors (Lipinski definition) is 4. The summed E-state index contributed by atoms with van der Waals surface area (Å²) < 4.78 is 5.60. The molecule has 4 rings (SSSR count). The van der Waals surface area contributed by atoms with E-state index in [0.717, 1.165) is 31.2 Å². The van der Waals surface area contributed by atoms with Crippen molar-refractivity contribution in [2.24, 2.45) is 11.3 Å². The summed E-state index contributed by atoms with van der Waals surface area (Å²) in [6.07, 6.45) is 3.68. The number of aryl methyl sites for hydroxylation is 1. The quantitative estimate of drug-likeness (QED) is 0.818. The van der Waals surface area contributed by atoms with E-state index in [2.05, 4.69) is 0 Å². The Balaban J connectivity index is 1.32. The number of carboxylic acid groups (broad SMARTS) is 1. The number of carboxylic acids is 1. The SMILES string of the molecule is Cc1ccc(OCC(=O)N2CCC3(CC2)CC(C(=O)O)N(C(=O)C2CC2)C3)cc1. The van der Waals surface area contributed by atoms with Gasteiger partial charge in [0, 0.05) is 25.6 Å². The summed E-state index contributed by atoms with van der Waals surface area (Å²) in [5.41, 5.74) is 0.942. The number of rotatable bonds is 5. The Kier molecular flexibility index (Phi) is 5.23. The van der Waals surface area contributed by atoms with Gasteiger partial charge in [-0.25, -0.2) is 4.79 Å². The summed E-state index contributed by atoms with van der Waals surface area (Å²) >= 11 is 0. The van der Waals surface area contributed by atoms with Crippen LogP contribution in [0.4, 0.5) is 0 Å². The lowest BCUT2D eigenvalue weighted by atomic mass is 9.76. The summed E-state index contributed by atoms with van der Waals surface area (Å²) in [5, 5.41) is 9.61. The molecular formula is C22H28N2O5. The number of benzene rings is 1. The molecule has 1 unspecified atom stereocenters. The van der Waals surface area contributed by atoms with Gasteiger partial charge in [-0.3, -0.25) is 9.59 Å².